The van der Waals surface area contributed by atoms with Crippen LogP contribution in [0.5, 0.6) is 0 Å². The van der Waals surface area contributed by atoms with Gasteiger partial charge in [-0.2, -0.15) is 0 Å². The molecule has 0 radical (unpaired) electrons. The minimum atomic E-state index is 0.124. The highest BCUT2D eigenvalue weighted by atomic mass is 16.5. The van der Waals surface area contributed by atoms with Gasteiger partial charge in [0.15, 0.2) is 0 Å². The summed E-state index contributed by atoms with van der Waals surface area (Å²) in [5.41, 5.74) is 0.124. The number of hydrogen-bond acceptors (Lipinski definition) is 2. The molecule has 2 aliphatic rings. The summed E-state index contributed by atoms with van der Waals surface area (Å²) < 4.78 is 6.87. The zero-order valence-corrected chi connectivity index (χ0v) is 15.0. The molecule has 0 aromatic heterocycles. The molecule has 0 bridgehead atoms. The summed E-state index contributed by atoms with van der Waals surface area (Å²) in [6, 6.07) is 0.553. The van der Waals surface area contributed by atoms with Gasteiger partial charge in [0.2, 0.25) is 0 Å². The van der Waals surface area contributed by atoms with E-state index in [4.69, 9.17) is 4.74 Å². The highest BCUT2D eigenvalue weighted by Gasteiger charge is 2.41. The molecular formula is C19H37NO. The van der Waals surface area contributed by atoms with E-state index in [0.717, 1.165) is 24.3 Å². The molecular weight excluding hydrogens is 258 g/mol. The topological polar surface area (TPSA) is 21.3 Å². The second kappa shape index (κ2) is 7.46. The molecule has 0 aromatic carbocycles. The van der Waals surface area contributed by atoms with Crippen LogP contribution in [0.25, 0.3) is 0 Å². The molecule has 2 saturated carbocycles. The average Bonchev–Trinajstić information content (AvgIpc) is 2.85. The van der Waals surface area contributed by atoms with Crippen molar-refractivity contribution in [2.75, 3.05) is 6.54 Å². The van der Waals surface area contributed by atoms with Gasteiger partial charge in [0.25, 0.3) is 0 Å². The first-order chi connectivity index (χ1) is 9.92. The predicted octanol–water partition coefficient (Wildman–Crippen LogP) is 4.77. The van der Waals surface area contributed by atoms with Gasteiger partial charge >= 0.3 is 0 Å². The summed E-state index contributed by atoms with van der Waals surface area (Å²) in [5.74, 6) is 2.35. The van der Waals surface area contributed by atoms with Gasteiger partial charge in [0.05, 0.1) is 11.7 Å². The van der Waals surface area contributed by atoms with Crippen LogP contribution < -0.4 is 5.32 Å². The van der Waals surface area contributed by atoms with E-state index in [9.17, 15) is 0 Å². The Morgan fingerprint density at radius 1 is 1.10 bits per heavy atom. The largest absolute Gasteiger partial charge is 0.370 e. The smallest absolute Gasteiger partial charge is 0.0810 e. The molecule has 1 N–H and O–H groups in total. The van der Waals surface area contributed by atoms with Crippen molar-refractivity contribution in [1.82, 2.24) is 5.32 Å². The zero-order valence-electron chi connectivity index (χ0n) is 15.0. The van der Waals surface area contributed by atoms with E-state index in [-0.39, 0.29) is 5.60 Å². The second-order valence-electron chi connectivity index (χ2n) is 8.41. The third kappa shape index (κ3) is 4.69. The maximum absolute atomic E-state index is 6.87. The fourth-order valence-corrected chi connectivity index (χ4v) is 4.32. The van der Waals surface area contributed by atoms with Crippen LogP contribution >= 0.6 is 0 Å². The van der Waals surface area contributed by atoms with Gasteiger partial charge < -0.3 is 10.1 Å². The summed E-state index contributed by atoms with van der Waals surface area (Å²) in [6.45, 7) is 12.7. The highest BCUT2D eigenvalue weighted by molar-refractivity contribution is 4.92. The molecule has 2 fully saturated rings. The number of hydrogen-bond donors (Lipinski definition) is 1. The Morgan fingerprint density at radius 3 is 2.33 bits per heavy atom. The first-order valence-corrected chi connectivity index (χ1v) is 9.33. The molecule has 124 valence electrons. The Kier molecular flexibility index (Phi) is 6.14. The van der Waals surface area contributed by atoms with E-state index in [0.29, 0.717) is 12.1 Å². The first-order valence-electron chi connectivity index (χ1n) is 9.33. The van der Waals surface area contributed by atoms with Gasteiger partial charge in [-0.3, -0.25) is 0 Å². The van der Waals surface area contributed by atoms with Crippen LogP contribution in [0.3, 0.4) is 0 Å². The summed E-state index contributed by atoms with van der Waals surface area (Å²) in [4.78, 5) is 0. The fourth-order valence-electron chi connectivity index (χ4n) is 4.32. The molecule has 2 heteroatoms. The SMILES string of the molecule is CC1CCC(C(C)C)C(OC2(CNC(C)C)CCCC2)C1. The normalized spacial score (nSPS) is 33.0. The van der Waals surface area contributed by atoms with Gasteiger partial charge in [-0.25, -0.2) is 0 Å². The van der Waals surface area contributed by atoms with Crippen molar-refractivity contribution in [2.24, 2.45) is 17.8 Å². The maximum atomic E-state index is 6.87. The molecule has 2 aliphatic carbocycles. The van der Waals surface area contributed by atoms with Crippen LogP contribution in [0.15, 0.2) is 0 Å². The molecule has 0 heterocycles. The van der Waals surface area contributed by atoms with E-state index in [2.05, 4.69) is 39.9 Å². The molecule has 21 heavy (non-hydrogen) atoms. The summed E-state index contributed by atoms with van der Waals surface area (Å²) in [5, 5.41) is 3.65. The van der Waals surface area contributed by atoms with Gasteiger partial charge in [-0.1, -0.05) is 53.9 Å². The van der Waals surface area contributed by atoms with Crippen LogP contribution in [0.2, 0.25) is 0 Å². The van der Waals surface area contributed by atoms with E-state index < -0.39 is 0 Å². The standard InChI is InChI=1S/C19H37NO/c1-14(2)17-9-8-16(5)12-18(17)21-19(10-6-7-11-19)13-20-15(3)4/h14-18,20H,6-13H2,1-5H3. The van der Waals surface area contributed by atoms with Crippen molar-refractivity contribution in [3.8, 4) is 0 Å². The van der Waals surface area contributed by atoms with Crippen LogP contribution in [0.1, 0.15) is 79.6 Å². The lowest BCUT2D eigenvalue weighted by Gasteiger charge is -2.43. The lowest BCUT2D eigenvalue weighted by atomic mass is 9.75. The minimum Gasteiger partial charge on any atom is -0.370 e. The molecule has 0 saturated heterocycles. The van der Waals surface area contributed by atoms with Crippen molar-refractivity contribution in [1.29, 1.82) is 0 Å². The minimum absolute atomic E-state index is 0.124. The number of rotatable bonds is 6. The Labute approximate surface area is 132 Å². The Bertz CT molecular complexity index is 307. The molecule has 3 unspecified atom stereocenters. The summed E-state index contributed by atoms with van der Waals surface area (Å²) in [6.07, 6.45) is 9.69. The molecule has 0 spiro atoms. The van der Waals surface area contributed by atoms with Crippen LogP contribution in [-0.4, -0.2) is 24.3 Å². The molecule has 3 atom stereocenters. The molecule has 2 rings (SSSR count). The van der Waals surface area contributed by atoms with E-state index in [1.807, 2.05) is 0 Å². The molecule has 2 nitrogen and oxygen atoms in total. The van der Waals surface area contributed by atoms with Crippen molar-refractivity contribution in [3.63, 3.8) is 0 Å². The van der Waals surface area contributed by atoms with Gasteiger partial charge in [-0.15, -0.1) is 0 Å². The average molecular weight is 296 g/mol. The molecule has 0 aromatic rings. The Morgan fingerprint density at radius 2 is 1.76 bits per heavy atom. The van der Waals surface area contributed by atoms with Crippen molar-refractivity contribution < 1.29 is 4.74 Å². The van der Waals surface area contributed by atoms with E-state index >= 15 is 0 Å². The zero-order chi connectivity index (χ0) is 15.5. The third-order valence-electron chi connectivity index (χ3n) is 5.71. The van der Waals surface area contributed by atoms with E-state index in [1.54, 1.807) is 0 Å². The lowest BCUT2D eigenvalue weighted by molar-refractivity contribution is -0.135. The number of nitrogens with one attached hydrogen (secondary N) is 1. The van der Waals surface area contributed by atoms with Gasteiger partial charge in [-0.05, 0) is 43.4 Å². The van der Waals surface area contributed by atoms with Crippen LogP contribution in [0, 0.1) is 17.8 Å². The van der Waals surface area contributed by atoms with E-state index in [1.165, 1.54) is 44.9 Å². The summed E-state index contributed by atoms with van der Waals surface area (Å²) >= 11 is 0. The highest BCUT2D eigenvalue weighted by Crippen LogP contribution is 2.41. The van der Waals surface area contributed by atoms with Crippen LogP contribution in [0.4, 0.5) is 0 Å². The Hall–Kier alpha value is -0.0800. The predicted molar refractivity (Wildman–Crippen MR) is 90.6 cm³/mol. The maximum Gasteiger partial charge on any atom is 0.0810 e. The number of ether oxygens (including phenoxy) is 1. The molecule has 0 aliphatic heterocycles. The van der Waals surface area contributed by atoms with Crippen molar-refractivity contribution in [2.45, 2.75) is 97.3 Å². The fraction of sp³-hybridized carbons (Fsp3) is 1.00. The lowest BCUT2D eigenvalue weighted by Crippen LogP contribution is -2.48. The third-order valence-corrected chi connectivity index (χ3v) is 5.71. The van der Waals surface area contributed by atoms with Gasteiger partial charge in [0.1, 0.15) is 0 Å². The summed E-state index contributed by atoms with van der Waals surface area (Å²) in [7, 11) is 0. The Balaban J connectivity index is 2.03. The van der Waals surface area contributed by atoms with Crippen molar-refractivity contribution in [3.05, 3.63) is 0 Å². The molecule has 0 amide bonds. The van der Waals surface area contributed by atoms with Crippen LogP contribution in [-0.2, 0) is 4.74 Å². The van der Waals surface area contributed by atoms with Gasteiger partial charge in [0, 0.05) is 12.6 Å². The quantitative estimate of drug-likeness (QED) is 0.762. The van der Waals surface area contributed by atoms with Crippen molar-refractivity contribution >= 4 is 0 Å². The first kappa shape index (κ1) is 17.3. The monoisotopic (exact) mass is 295 g/mol. The second-order valence-corrected chi connectivity index (χ2v) is 8.41.